The SMILES string of the molecule is COc1ccc(N2CCC(=O)C(C)C2)cc1C. The summed E-state index contributed by atoms with van der Waals surface area (Å²) in [6.45, 7) is 5.70. The van der Waals surface area contributed by atoms with Crippen LogP contribution in [0.25, 0.3) is 0 Å². The molecule has 1 aromatic rings. The van der Waals surface area contributed by atoms with Crippen molar-refractivity contribution in [1.29, 1.82) is 0 Å². The van der Waals surface area contributed by atoms with E-state index in [1.54, 1.807) is 7.11 Å². The predicted molar refractivity (Wildman–Crippen MR) is 68.7 cm³/mol. The van der Waals surface area contributed by atoms with Gasteiger partial charge in [-0.3, -0.25) is 4.79 Å². The van der Waals surface area contributed by atoms with Gasteiger partial charge in [-0.15, -0.1) is 0 Å². The molecule has 1 unspecified atom stereocenters. The Morgan fingerprint density at radius 1 is 1.41 bits per heavy atom. The molecule has 1 aliphatic rings. The number of benzene rings is 1. The van der Waals surface area contributed by atoms with Gasteiger partial charge in [0.15, 0.2) is 0 Å². The van der Waals surface area contributed by atoms with Gasteiger partial charge in [0.1, 0.15) is 11.5 Å². The van der Waals surface area contributed by atoms with Crippen molar-refractivity contribution in [2.45, 2.75) is 20.3 Å². The van der Waals surface area contributed by atoms with E-state index in [-0.39, 0.29) is 5.92 Å². The van der Waals surface area contributed by atoms with Crippen LogP contribution in [-0.4, -0.2) is 26.0 Å². The van der Waals surface area contributed by atoms with Crippen LogP contribution in [0.2, 0.25) is 0 Å². The highest BCUT2D eigenvalue weighted by atomic mass is 16.5. The van der Waals surface area contributed by atoms with Gasteiger partial charge in [-0.2, -0.15) is 0 Å². The minimum absolute atomic E-state index is 0.145. The molecular weight excluding hydrogens is 214 g/mol. The number of piperidine rings is 1. The van der Waals surface area contributed by atoms with E-state index in [0.717, 1.165) is 24.4 Å². The van der Waals surface area contributed by atoms with Gasteiger partial charge in [0, 0.05) is 31.1 Å². The number of methoxy groups -OCH3 is 1. The predicted octanol–water partition coefficient (Wildman–Crippen LogP) is 2.42. The molecule has 2 rings (SSSR count). The summed E-state index contributed by atoms with van der Waals surface area (Å²) in [5, 5.41) is 0. The van der Waals surface area contributed by atoms with Gasteiger partial charge in [0.25, 0.3) is 0 Å². The van der Waals surface area contributed by atoms with Gasteiger partial charge in [0.05, 0.1) is 7.11 Å². The first-order valence-electron chi connectivity index (χ1n) is 6.04. The first kappa shape index (κ1) is 12.0. The van der Waals surface area contributed by atoms with Crippen molar-refractivity contribution in [3.8, 4) is 5.75 Å². The highest BCUT2D eigenvalue weighted by molar-refractivity contribution is 5.83. The summed E-state index contributed by atoms with van der Waals surface area (Å²) in [4.78, 5) is 13.8. The second-order valence-corrected chi connectivity index (χ2v) is 4.72. The Hall–Kier alpha value is -1.51. The molecule has 1 aliphatic heterocycles. The van der Waals surface area contributed by atoms with Crippen molar-refractivity contribution in [1.82, 2.24) is 0 Å². The highest BCUT2D eigenvalue weighted by Crippen LogP contribution is 2.26. The zero-order chi connectivity index (χ0) is 12.4. The van der Waals surface area contributed by atoms with E-state index in [9.17, 15) is 4.79 Å². The second kappa shape index (κ2) is 4.78. The quantitative estimate of drug-likeness (QED) is 0.785. The monoisotopic (exact) mass is 233 g/mol. The molecule has 3 nitrogen and oxygen atoms in total. The largest absolute Gasteiger partial charge is 0.496 e. The summed E-state index contributed by atoms with van der Waals surface area (Å²) in [6, 6.07) is 6.18. The number of nitrogens with zero attached hydrogens (tertiary/aromatic N) is 1. The third kappa shape index (κ3) is 2.43. The van der Waals surface area contributed by atoms with Crippen molar-refractivity contribution in [3.63, 3.8) is 0 Å². The number of carbonyl (C=O) groups is 1. The van der Waals surface area contributed by atoms with Crippen LogP contribution in [0.4, 0.5) is 5.69 Å². The fourth-order valence-electron chi connectivity index (χ4n) is 2.31. The molecule has 0 spiro atoms. The maximum Gasteiger partial charge on any atom is 0.139 e. The third-order valence-corrected chi connectivity index (χ3v) is 3.42. The summed E-state index contributed by atoms with van der Waals surface area (Å²) in [7, 11) is 1.68. The molecule has 1 fully saturated rings. The van der Waals surface area contributed by atoms with E-state index in [1.165, 1.54) is 5.69 Å². The smallest absolute Gasteiger partial charge is 0.139 e. The van der Waals surface area contributed by atoms with Crippen LogP contribution in [0.15, 0.2) is 18.2 Å². The molecule has 0 bridgehead atoms. The molecule has 0 saturated carbocycles. The number of aryl methyl sites for hydroxylation is 1. The van der Waals surface area contributed by atoms with E-state index < -0.39 is 0 Å². The molecule has 0 aliphatic carbocycles. The second-order valence-electron chi connectivity index (χ2n) is 4.72. The maximum atomic E-state index is 11.5. The Kier molecular flexibility index (Phi) is 3.36. The highest BCUT2D eigenvalue weighted by Gasteiger charge is 2.23. The van der Waals surface area contributed by atoms with E-state index in [4.69, 9.17) is 4.74 Å². The van der Waals surface area contributed by atoms with Crippen molar-refractivity contribution >= 4 is 11.5 Å². The van der Waals surface area contributed by atoms with Crippen molar-refractivity contribution in [2.24, 2.45) is 5.92 Å². The Labute approximate surface area is 102 Å². The zero-order valence-corrected chi connectivity index (χ0v) is 10.7. The van der Waals surface area contributed by atoms with E-state index in [2.05, 4.69) is 17.0 Å². The van der Waals surface area contributed by atoms with Crippen molar-refractivity contribution in [3.05, 3.63) is 23.8 Å². The normalized spacial score (nSPS) is 20.5. The molecule has 1 saturated heterocycles. The number of carbonyl (C=O) groups excluding carboxylic acids is 1. The molecule has 1 heterocycles. The Morgan fingerprint density at radius 3 is 2.76 bits per heavy atom. The van der Waals surface area contributed by atoms with Crippen LogP contribution in [-0.2, 0) is 4.79 Å². The fourth-order valence-corrected chi connectivity index (χ4v) is 2.31. The number of hydrogen-bond acceptors (Lipinski definition) is 3. The molecular formula is C14H19NO2. The number of ketones is 1. The summed E-state index contributed by atoms with van der Waals surface area (Å²) < 4.78 is 5.25. The first-order valence-corrected chi connectivity index (χ1v) is 6.04. The van der Waals surface area contributed by atoms with Crippen LogP contribution < -0.4 is 9.64 Å². The van der Waals surface area contributed by atoms with Crippen molar-refractivity contribution in [2.75, 3.05) is 25.1 Å². The van der Waals surface area contributed by atoms with Crippen LogP contribution >= 0.6 is 0 Å². The Bertz CT molecular complexity index is 428. The van der Waals surface area contributed by atoms with Crippen LogP contribution in [0, 0.1) is 12.8 Å². The lowest BCUT2D eigenvalue weighted by atomic mass is 9.98. The standard InChI is InChI=1S/C14H19NO2/c1-10-8-12(4-5-14(10)17-3)15-7-6-13(16)11(2)9-15/h4-5,8,11H,6-7,9H2,1-3H3. The van der Waals surface area contributed by atoms with Gasteiger partial charge >= 0.3 is 0 Å². The van der Waals surface area contributed by atoms with Crippen LogP contribution in [0.1, 0.15) is 18.9 Å². The van der Waals surface area contributed by atoms with Gasteiger partial charge in [0.2, 0.25) is 0 Å². The first-order chi connectivity index (χ1) is 8.11. The Balaban J connectivity index is 2.18. The molecule has 92 valence electrons. The van der Waals surface area contributed by atoms with Gasteiger partial charge in [-0.25, -0.2) is 0 Å². The lowest BCUT2D eigenvalue weighted by Crippen LogP contribution is -2.39. The topological polar surface area (TPSA) is 29.5 Å². The van der Waals surface area contributed by atoms with Gasteiger partial charge in [-0.05, 0) is 30.7 Å². The number of Topliss-reactive ketones (excluding diaryl/α,β-unsaturated/α-hetero) is 1. The average molecular weight is 233 g/mol. The van der Waals surface area contributed by atoms with Crippen LogP contribution in [0.3, 0.4) is 0 Å². The molecule has 3 heteroatoms. The third-order valence-electron chi connectivity index (χ3n) is 3.42. The molecule has 0 radical (unpaired) electrons. The summed E-state index contributed by atoms with van der Waals surface area (Å²) in [6.07, 6.45) is 0.659. The molecule has 0 aromatic heterocycles. The Morgan fingerprint density at radius 2 is 2.18 bits per heavy atom. The molecule has 0 amide bonds. The maximum absolute atomic E-state index is 11.5. The van der Waals surface area contributed by atoms with E-state index in [0.29, 0.717) is 12.2 Å². The number of rotatable bonds is 2. The minimum Gasteiger partial charge on any atom is -0.496 e. The molecule has 17 heavy (non-hydrogen) atoms. The van der Waals surface area contributed by atoms with Crippen LogP contribution in [0.5, 0.6) is 5.75 Å². The zero-order valence-electron chi connectivity index (χ0n) is 10.7. The molecule has 1 aromatic carbocycles. The summed E-state index contributed by atoms with van der Waals surface area (Å²) in [5.74, 6) is 1.44. The average Bonchev–Trinajstić information content (AvgIpc) is 2.32. The van der Waals surface area contributed by atoms with E-state index in [1.807, 2.05) is 19.9 Å². The minimum atomic E-state index is 0.145. The summed E-state index contributed by atoms with van der Waals surface area (Å²) >= 11 is 0. The molecule has 0 N–H and O–H groups in total. The molecule has 1 atom stereocenters. The number of anilines is 1. The summed E-state index contributed by atoms with van der Waals surface area (Å²) in [5.41, 5.74) is 2.32. The fraction of sp³-hybridized carbons (Fsp3) is 0.500. The lowest BCUT2D eigenvalue weighted by molar-refractivity contribution is -0.122. The number of hydrogen-bond donors (Lipinski definition) is 0. The van der Waals surface area contributed by atoms with Gasteiger partial charge < -0.3 is 9.64 Å². The lowest BCUT2D eigenvalue weighted by Gasteiger charge is -2.32. The van der Waals surface area contributed by atoms with Crippen molar-refractivity contribution < 1.29 is 9.53 Å². The van der Waals surface area contributed by atoms with E-state index >= 15 is 0 Å². The van der Waals surface area contributed by atoms with Gasteiger partial charge in [-0.1, -0.05) is 6.92 Å². The number of ether oxygens (including phenoxy) is 1.